The molecule has 1 amide bonds. The molecule has 29 heavy (non-hydrogen) atoms. The molecule has 3 heterocycles. The first-order valence-electron chi connectivity index (χ1n) is 9.84. The summed E-state index contributed by atoms with van der Waals surface area (Å²) in [6.07, 6.45) is 8.62. The normalized spacial score (nSPS) is 19.0. The Morgan fingerprint density at radius 2 is 1.72 bits per heavy atom. The Labute approximate surface area is 170 Å². The summed E-state index contributed by atoms with van der Waals surface area (Å²) < 4.78 is 0. The molecule has 1 aliphatic rings. The molecule has 1 saturated heterocycles. The van der Waals surface area contributed by atoms with Crippen LogP contribution in [0.5, 0.6) is 0 Å². The van der Waals surface area contributed by atoms with E-state index in [-0.39, 0.29) is 11.9 Å². The third-order valence-electron chi connectivity index (χ3n) is 5.24. The zero-order chi connectivity index (χ0) is 20.2. The topological polar surface area (TPSA) is 83.9 Å². The lowest BCUT2D eigenvalue weighted by Gasteiger charge is -2.37. The van der Waals surface area contributed by atoms with Crippen molar-refractivity contribution in [2.75, 3.05) is 16.8 Å². The number of rotatable bonds is 4. The van der Waals surface area contributed by atoms with Gasteiger partial charge in [0.25, 0.3) is 0 Å². The molecule has 148 valence electrons. The van der Waals surface area contributed by atoms with E-state index in [4.69, 9.17) is 0 Å². The monoisotopic (exact) mass is 388 g/mol. The number of nitrogens with zero attached hydrogens (tertiary/aromatic N) is 5. The average molecular weight is 388 g/mol. The van der Waals surface area contributed by atoms with Crippen molar-refractivity contribution in [3.05, 3.63) is 60.7 Å². The predicted octanol–water partition coefficient (Wildman–Crippen LogP) is 3.49. The van der Waals surface area contributed by atoms with Crippen LogP contribution in [0.4, 0.5) is 11.6 Å². The second kappa shape index (κ2) is 8.34. The highest BCUT2D eigenvalue weighted by Gasteiger charge is 2.33. The van der Waals surface area contributed by atoms with E-state index in [1.54, 1.807) is 36.9 Å². The molecule has 1 fully saturated rings. The molecule has 2 aromatic heterocycles. The minimum atomic E-state index is -0.300. The van der Waals surface area contributed by atoms with Gasteiger partial charge in [0.1, 0.15) is 6.04 Å². The number of benzene rings is 1. The van der Waals surface area contributed by atoms with Crippen molar-refractivity contribution in [1.29, 1.82) is 0 Å². The lowest BCUT2D eigenvalue weighted by Crippen LogP contribution is -2.50. The van der Waals surface area contributed by atoms with Gasteiger partial charge in [0.05, 0.1) is 0 Å². The van der Waals surface area contributed by atoms with Crippen molar-refractivity contribution in [3.8, 4) is 11.4 Å². The molecule has 7 heteroatoms. The Morgan fingerprint density at radius 3 is 2.45 bits per heavy atom. The molecule has 7 nitrogen and oxygen atoms in total. The van der Waals surface area contributed by atoms with E-state index in [1.165, 1.54) is 0 Å². The molecule has 0 aliphatic carbocycles. The molecule has 2 atom stereocenters. The van der Waals surface area contributed by atoms with E-state index in [1.807, 2.05) is 30.0 Å². The van der Waals surface area contributed by atoms with E-state index in [0.29, 0.717) is 17.7 Å². The van der Waals surface area contributed by atoms with Gasteiger partial charge in [-0.1, -0.05) is 13.0 Å². The van der Waals surface area contributed by atoms with Gasteiger partial charge in [0, 0.05) is 42.6 Å². The Bertz CT molecular complexity index is 979. The second-order valence-corrected chi connectivity index (χ2v) is 7.49. The number of hydrogen-bond acceptors (Lipinski definition) is 6. The Kier molecular flexibility index (Phi) is 5.46. The van der Waals surface area contributed by atoms with E-state index in [2.05, 4.69) is 32.2 Å². The van der Waals surface area contributed by atoms with Crippen LogP contribution in [0.25, 0.3) is 11.4 Å². The minimum Gasteiger partial charge on any atom is -0.329 e. The van der Waals surface area contributed by atoms with Crippen LogP contribution in [0.2, 0.25) is 0 Å². The van der Waals surface area contributed by atoms with Crippen LogP contribution in [-0.4, -0.2) is 38.4 Å². The van der Waals surface area contributed by atoms with Crippen molar-refractivity contribution in [2.45, 2.75) is 32.7 Å². The third kappa shape index (κ3) is 4.23. The molecule has 0 saturated carbocycles. The van der Waals surface area contributed by atoms with Gasteiger partial charge in [0.2, 0.25) is 11.9 Å². The molecule has 3 aromatic rings. The predicted molar refractivity (Wildman–Crippen MR) is 112 cm³/mol. The number of nitrogens with one attached hydrogen (secondary N) is 1. The largest absolute Gasteiger partial charge is 0.329 e. The highest BCUT2D eigenvalue weighted by Crippen LogP contribution is 2.27. The SMILES string of the molecule is Cc1ccc(NC(=O)[C@@H]2CC[C@H](C)CN2c2ncccn2)cc1-c1ncccn1. The molecule has 1 N–H and O–H groups in total. The Hall–Kier alpha value is -3.35. The standard InChI is InChI=1S/C22H24N6O/c1-15-5-8-19(28(14-15)22-25-11-4-12-26-22)21(29)27-17-7-6-16(2)18(13-17)20-23-9-3-10-24-20/h3-4,6-7,9-13,15,19H,5,8,14H2,1-2H3,(H,27,29)/t15-,19-/m0/s1. The number of aromatic nitrogens is 4. The first-order chi connectivity index (χ1) is 14.1. The lowest BCUT2D eigenvalue weighted by molar-refractivity contribution is -0.118. The van der Waals surface area contributed by atoms with Crippen molar-refractivity contribution >= 4 is 17.5 Å². The van der Waals surface area contributed by atoms with Crippen LogP contribution in [0.1, 0.15) is 25.3 Å². The lowest BCUT2D eigenvalue weighted by atomic mass is 9.94. The van der Waals surface area contributed by atoms with Crippen molar-refractivity contribution in [2.24, 2.45) is 5.92 Å². The van der Waals surface area contributed by atoms with Crippen LogP contribution in [-0.2, 0) is 4.79 Å². The van der Waals surface area contributed by atoms with Crippen LogP contribution in [0.15, 0.2) is 55.1 Å². The van der Waals surface area contributed by atoms with Gasteiger partial charge in [-0.15, -0.1) is 0 Å². The van der Waals surface area contributed by atoms with E-state index in [9.17, 15) is 4.79 Å². The average Bonchev–Trinajstić information content (AvgIpc) is 2.76. The molecule has 0 radical (unpaired) electrons. The molecular weight excluding hydrogens is 364 g/mol. The molecule has 0 spiro atoms. The number of carbonyl (C=O) groups excluding carboxylic acids is 1. The van der Waals surface area contributed by atoms with Crippen LogP contribution < -0.4 is 10.2 Å². The Morgan fingerprint density at radius 1 is 1.03 bits per heavy atom. The molecule has 1 aromatic carbocycles. The maximum atomic E-state index is 13.2. The maximum absolute atomic E-state index is 13.2. The summed E-state index contributed by atoms with van der Waals surface area (Å²) in [7, 11) is 0. The first kappa shape index (κ1) is 19.0. The molecule has 0 bridgehead atoms. The fraction of sp³-hybridized carbons (Fsp3) is 0.318. The summed E-state index contributed by atoms with van der Waals surface area (Å²) >= 11 is 0. The summed E-state index contributed by atoms with van der Waals surface area (Å²) in [4.78, 5) is 32.5. The summed E-state index contributed by atoms with van der Waals surface area (Å²) in [5.74, 6) is 1.69. The van der Waals surface area contributed by atoms with Gasteiger partial charge in [0.15, 0.2) is 5.82 Å². The molecular formula is C22H24N6O. The van der Waals surface area contributed by atoms with Crippen molar-refractivity contribution in [3.63, 3.8) is 0 Å². The van der Waals surface area contributed by atoms with Crippen LogP contribution >= 0.6 is 0 Å². The van der Waals surface area contributed by atoms with Gasteiger partial charge in [-0.05, 0) is 55.5 Å². The van der Waals surface area contributed by atoms with Crippen LogP contribution in [0.3, 0.4) is 0 Å². The van der Waals surface area contributed by atoms with Crippen molar-refractivity contribution < 1.29 is 4.79 Å². The zero-order valence-corrected chi connectivity index (χ0v) is 16.6. The number of amides is 1. The fourth-order valence-electron chi connectivity index (χ4n) is 3.69. The van der Waals surface area contributed by atoms with Crippen LogP contribution in [0, 0.1) is 12.8 Å². The third-order valence-corrected chi connectivity index (χ3v) is 5.24. The summed E-state index contributed by atoms with van der Waals surface area (Å²) in [6.45, 7) is 4.96. The summed E-state index contributed by atoms with van der Waals surface area (Å²) in [5, 5.41) is 3.07. The fourth-order valence-corrected chi connectivity index (χ4v) is 3.69. The smallest absolute Gasteiger partial charge is 0.247 e. The van der Waals surface area contributed by atoms with Gasteiger partial charge in [-0.3, -0.25) is 4.79 Å². The highest BCUT2D eigenvalue weighted by molar-refractivity contribution is 5.97. The summed E-state index contributed by atoms with van der Waals surface area (Å²) in [6, 6.07) is 9.08. The second-order valence-electron chi connectivity index (χ2n) is 7.49. The maximum Gasteiger partial charge on any atom is 0.247 e. The van der Waals surface area contributed by atoms with Gasteiger partial charge in [-0.2, -0.15) is 0 Å². The number of aryl methyl sites for hydroxylation is 1. The van der Waals surface area contributed by atoms with Gasteiger partial charge < -0.3 is 10.2 Å². The zero-order valence-electron chi connectivity index (χ0n) is 16.6. The van der Waals surface area contributed by atoms with Gasteiger partial charge >= 0.3 is 0 Å². The quantitative estimate of drug-likeness (QED) is 0.737. The van der Waals surface area contributed by atoms with E-state index >= 15 is 0 Å². The molecule has 4 rings (SSSR count). The first-order valence-corrected chi connectivity index (χ1v) is 9.84. The number of anilines is 2. The Balaban J connectivity index is 1.57. The van der Waals surface area contributed by atoms with E-state index < -0.39 is 0 Å². The number of carbonyl (C=O) groups is 1. The highest BCUT2D eigenvalue weighted by atomic mass is 16.2. The van der Waals surface area contributed by atoms with Gasteiger partial charge in [-0.25, -0.2) is 19.9 Å². The summed E-state index contributed by atoms with van der Waals surface area (Å²) in [5.41, 5.74) is 2.69. The minimum absolute atomic E-state index is 0.0480. The molecule has 0 unspecified atom stereocenters. The number of piperidine rings is 1. The van der Waals surface area contributed by atoms with E-state index in [0.717, 1.165) is 36.2 Å². The van der Waals surface area contributed by atoms with Crippen molar-refractivity contribution in [1.82, 2.24) is 19.9 Å². The molecule has 1 aliphatic heterocycles. The number of hydrogen-bond donors (Lipinski definition) is 1.